The Balaban J connectivity index is 1.73. The highest BCUT2D eigenvalue weighted by Gasteiger charge is 2.15. The van der Waals surface area contributed by atoms with E-state index in [1.807, 2.05) is 42.5 Å². The van der Waals surface area contributed by atoms with Gasteiger partial charge in [0.25, 0.3) is 5.91 Å². The molecule has 0 saturated heterocycles. The lowest BCUT2D eigenvalue weighted by atomic mass is 10.0. The van der Waals surface area contributed by atoms with Crippen LogP contribution in [0.5, 0.6) is 0 Å². The van der Waals surface area contributed by atoms with Crippen LogP contribution in [0.1, 0.15) is 41.7 Å². The first-order valence-electron chi connectivity index (χ1n) is 8.37. The Kier molecular flexibility index (Phi) is 5.18. The van der Waals surface area contributed by atoms with E-state index in [1.165, 1.54) is 4.80 Å². The summed E-state index contributed by atoms with van der Waals surface area (Å²) in [6, 6.07) is 17.3. The van der Waals surface area contributed by atoms with Crippen molar-refractivity contribution >= 4 is 5.91 Å². The highest BCUT2D eigenvalue weighted by Crippen LogP contribution is 2.20. The zero-order valence-corrected chi connectivity index (χ0v) is 14.4. The third-order valence-electron chi connectivity index (χ3n) is 4.00. The molecule has 25 heavy (non-hydrogen) atoms. The SMILES string of the molecule is CCC[C@@H](NC(=O)c1ccc(-c2nnn(C)n2)cc1)c1ccccc1. The van der Waals surface area contributed by atoms with Gasteiger partial charge >= 0.3 is 0 Å². The normalized spacial score (nSPS) is 11.9. The first kappa shape index (κ1) is 16.8. The van der Waals surface area contributed by atoms with Crippen LogP contribution in [0.3, 0.4) is 0 Å². The van der Waals surface area contributed by atoms with Crippen molar-refractivity contribution in [1.82, 2.24) is 25.5 Å². The minimum absolute atomic E-state index is 0.0139. The average molecular weight is 335 g/mol. The number of nitrogens with one attached hydrogen (secondary N) is 1. The summed E-state index contributed by atoms with van der Waals surface area (Å²) in [5, 5.41) is 15.1. The summed E-state index contributed by atoms with van der Waals surface area (Å²) in [6.45, 7) is 2.12. The number of rotatable bonds is 6. The molecular formula is C19H21N5O. The molecule has 3 aromatic rings. The quantitative estimate of drug-likeness (QED) is 0.751. The van der Waals surface area contributed by atoms with Crippen molar-refractivity contribution in [2.24, 2.45) is 7.05 Å². The Morgan fingerprint density at radius 3 is 2.44 bits per heavy atom. The second-order valence-corrected chi connectivity index (χ2v) is 5.91. The van der Waals surface area contributed by atoms with Gasteiger partial charge in [-0.15, -0.1) is 10.2 Å². The van der Waals surface area contributed by atoms with Gasteiger partial charge in [0, 0.05) is 11.1 Å². The number of nitrogens with zero attached hydrogens (tertiary/aromatic N) is 4. The van der Waals surface area contributed by atoms with Crippen LogP contribution in [0.4, 0.5) is 0 Å². The fourth-order valence-corrected chi connectivity index (χ4v) is 2.71. The fourth-order valence-electron chi connectivity index (χ4n) is 2.71. The van der Waals surface area contributed by atoms with E-state index in [9.17, 15) is 4.79 Å². The van der Waals surface area contributed by atoms with Gasteiger partial charge in [-0.3, -0.25) is 4.79 Å². The molecule has 3 rings (SSSR count). The van der Waals surface area contributed by atoms with Crippen LogP contribution in [0.2, 0.25) is 0 Å². The van der Waals surface area contributed by atoms with E-state index in [0.29, 0.717) is 11.4 Å². The Bertz CT molecular complexity index is 827. The van der Waals surface area contributed by atoms with Crippen LogP contribution in [-0.4, -0.2) is 26.1 Å². The monoisotopic (exact) mass is 335 g/mol. The lowest BCUT2D eigenvalue weighted by Crippen LogP contribution is -2.28. The largest absolute Gasteiger partial charge is 0.345 e. The Labute approximate surface area is 146 Å². The number of hydrogen-bond donors (Lipinski definition) is 1. The summed E-state index contributed by atoms with van der Waals surface area (Å²) >= 11 is 0. The smallest absolute Gasteiger partial charge is 0.251 e. The lowest BCUT2D eigenvalue weighted by molar-refractivity contribution is 0.0934. The molecule has 1 N–H and O–H groups in total. The number of aromatic nitrogens is 4. The maximum Gasteiger partial charge on any atom is 0.251 e. The molecule has 0 bridgehead atoms. The van der Waals surface area contributed by atoms with Crippen LogP contribution in [-0.2, 0) is 7.05 Å². The van der Waals surface area contributed by atoms with Crippen molar-refractivity contribution < 1.29 is 4.79 Å². The van der Waals surface area contributed by atoms with Gasteiger partial charge in [-0.25, -0.2) is 0 Å². The molecule has 128 valence electrons. The van der Waals surface area contributed by atoms with Crippen molar-refractivity contribution in [3.05, 3.63) is 65.7 Å². The fraction of sp³-hybridized carbons (Fsp3) is 0.263. The topological polar surface area (TPSA) is 72.7 Å². The average Bonchev–Trinajstić information content (AvgIpc) is 3.08. The third-order valence-corrected chi connectivity index (χ3v) is 4.00. The second kappa shape index (κ2) is 7.70. The zero-order chi connectivity index (χ0) is 17.6. The summed E-state index contributed by atoms with van der Waals surface area (Å²) in [4.78, 5) is 14.0. The van der Waals surface area contributed by atoms with Crippen molar-refractivity contribution in [1.29, 1.82) is 0 Å². The second-order valence-electron chi connectivity index (χ2n) is 5.91. The van der Waals surface area contributed by atoms with E-state index < -0.39 is 0 Å². The summed E-state index contributed by atoms with van der Waals surface area (Å²) < 4.78 is 0. The van der Waals surface area contributed by atoms with Gasteiger partial charge in [0.1, 0.15) is 0 Å². The predicted octanol–water partition coefficient (Wildman–Crippen LogP) is 3.15. The third kappa shape index (κ3) is 4.09. The van der Waals surface area contributed by atoms with E-state index in [-0.39, 0.29) is 11.9 Å². The molecule has 1 aromatic heterocycles. The zero-order valence-electron chi connectivity index (χ0n) is 14.4. The number of carbonyl (C=O) groups is 1. The number of tetrazole rings is 1. The van der Waals surface area contributed by atoms with Gasteiger partial charge < -0.3 is 5.32 Å². The molecule has 1 heterocycles. The number of aryl methyl sites for hydroxylation is 1. The Morgan fingerprint density at radius 2 is 1.84 bits per heavy atom. The molecule has 1 amide bonds. The standard InChI is InChI=1S/C19H21N5O/c1-3-7-17(14-8-5-4-6-9-14)20-19(25)16-12-10-15(11-13-16)18-21-23-24(2)22-18/h4-6,8-13,17H,3,7H2,1-2H3,(H,20,25)/t17-/m1/s1. The van der Waals surface area contributed by atoms with Crippen molar-refractivity contribution in [3.63, 3.8) is 0 Å². The predicted molar refractivity (Wildman–Crippen MR) is 95.8 cm³/mol. The van der Waals surface area contributed by atoms with E-state index in [0.717, 1.165) is 24.0 Å². The molecule has 6 nitrogen and oxygen atoms in total. The molecule has 0 unspecified atom stereocenters. The molecule has 1 atom stereocenters. The molecule has 0 fully saturated rings. The first-order valence-corrected chi connectivity index (χ1v) is 8.37. The van der Waals surface area contributed by atoms with Crippen LogP contribution >= 0.6 is 0 Å². The van der Waals surface area contributed by atoms with Gasteiger partial charge in [-0.1, -0.05) is 55.8 Å². The van der Waals surface area contributed by atoms with Gasteiger partial charge in [-0.2, -0.15) is 4.80 Å². The highest BCUT2D eigenvalue weighted by atomic mass is 16.1. The number of hydrogen-bond acceptors (Lipinski definition) is 4. The number of carbonyl (C=O) groups excluding carboxylic acids is 1. The molecule has 0 aliphatic carbocycles. The summed E-state index contributed by atoms with van der Waals surface area (Å²) in [6.07, 6.45) is 1.90. The first-order chi connectivity index (χ1) is 12.2. The van der Waals surface area contributed by atoms with Gasteiger partial charge in [0.2, 0.25) is 5.82 Å². The van der Waals surface area contributed by atoms with Crippen LogP contribution in [0.15, 0.2) is 54.6 Å². The number of benzene rings is 2. The molecule has 0 radical (unpaired) electrons. The van der Waals surface area contributed by atoms with Crippen LogP contribution in [0.25, 0.3) is 11.4 Å². The van der Waals surface area contributed by atoms with Gasteiger partial charge in [0.05, 0.1) is 13.1 Å². The molecule has 0 saturated carbocycles. The van der Waals surface area contributed by atoms with E-state index in [4.69, 9.17) is 0 Å². The summed E-state index contributed by atoms with van der Waals surface area (Å²) in [5.74, 6) is 0.462. The Morgan fingerprint density at radius 1 is 1.12 bits per heavy atom. The molecular weight excluding hydrogens is 314 g/mol. The maximum absolute atomic E-state index is 12.6. The molecule has 0 spiro atoms. The van der Waals surface area contributed by atoms with Crippen molar-refractivity contribution in [2.45, 2.75) is 25.8 Å². The maximum atomic E-state index is 12.6. The van der Waals surface area contributed by atoms with E-state index in [1.54, 1.807) is 19.2 Å². The van der Waals surface area contributed by atoms with Crippen molar-refractivity contribution in [3.8, 4) is 11.4 Å². The number of amides is 1. The molecule has 6 heteroatoms. The summed E-state index contributed by atoms with van der Waals surface area (Å²) in [5.41, 5.74) is 2.57. The van der Waals surface area contributed by atoms with Crippen LogP contribution < -0.4 is 5.32 Å². The summed E-state index contributed by atoms with van der Waals surface area (Å²) in [7, 11) is 1.72. The Hall–Kier alpha value is -3.02. The van der Waals surface area contributed by atoms with Gasteiger partial charge in [0.15, 0.2) is 0 Å². The van der Waals surface area contributed by atoms with Crippen LogP contribution in [0, 0.1) is 0 Å². The molecule has 2 aromatic carbocycles. The minimum atomic E-state index is -0.0824. The van der Waals surface area contributed by atoms with E-state index in [2.05, 4.69) is 27.7 Å². The molecule has 0 aliphatic rings. The van der Waals surface area contributed by atoms with E-state index >= 15 is 0 Å². The van der Waals surface area contributed by atoms with Gasteiger partial charge in [-0.05, 0) is 29.3 Å². The highest BCUT2D eigenvalue weighted by molar-refractivity contribution is 5.94. The van der Waals surface area contributed by atoms with Crippen molar-refractivity contribution in [2.75, 3.05) is 0 Å². The molecule has 0 aliphatic heterocycles. The minimum Gasteiger partial charge on any atom is -0.345 e. The lowest BCUT2D eigenvalue weighted by Gasteiger charge is -2.18.